The van der Waals surface area contributed by atoms with Crippen LogP contribution >= 0.6 is 0 Å². The minimum absolute atomic E-state index is 0.130. The standard InChI is InChI=1S/C27H36N2O4S/c1-7-17-29(18-8-2)34(31,32)24-14-12-23(13-15-24)28-26(30)27(5,6)16-9-19-33-25-20-21(3)10-11-22(25)4/h7-8,10-15,20H,1-2,9,16-19H2,3-6H3,(H,28,30). The molecule has 6 nitrogen and oxygen atoms in total. The smallest absolute Gasteiger partial charge is 0.243 e. The molecule has 0 aliphatic heterocycles. The number of carbonyl (C=O) groups excluding carboxylic acids is 1. The summed E-state index contributed by atoms with van der Waals surface area (Å²) in [6, 6.07) is 12.3. The minimum Gasteiger partial charge on any atom is -0.493 e. The first-order valence-electron chi connectivity index (χ1n) is 11.3. The summed E-state index contributed by atoms with van der Waals surface area (Å²) in [5, 5.41) is 2.90. The Balaban J connectivity index is 1.95. The number of hydrogen-bond acceptors (Lipinski definition) is 4. The molecule has 7 heteroatoms. The highest BCUT2D eigenvalue weighted by molar-refractivity contribution is 7.89. The third-order valence-corrected chi connectivity index (χ3v) is 7.42. The van der Waals surface area contributed by atoms with E-state index in [1.54, 1.807) is 12.1 Å². The number of sulfonamides is 1. The molecule has 0 aliphatic rings. The van der Waals surface area contributed by atoms with Crippen LogP contribution in [0, 0.1) is 19.3 Å². The van der Waals surface area contributed by atoms with Crippen LogP contribution in [0.3, 0.4) is 0 Å². The van der Waals surface area contributed by atoms with Crippen molar-refractivity contribution in [1.29, 1.82) is 0 Å². The second-order valence-corrected chi connectivity index (χ2v) is 10.9. The highest BCUT2D eigenvalue weighted by Gasteiger charge is 2.28. The van der Waals surface area contributed by atoms with Crippen LogP contribution in [0.2, 0.25) is 0 Å². The third kappa shape index (κ3) is 7.30. The molecule has 0 spiro atoms. The normalized spacial score (nSPS) is 11.8. The molecular formula is C27H36N2O4S. The van der Waals surface area contributed by atoms with Crippen LogP contribution in [0.25, 0.3) is 0 Å². The lowest BCUT2D eigenvalue weighted by Crippen LogP contribution is -2.32. The van der Waals surface area contributed by atoms with Gasteiger partial charge in [0.15, 0.2) is 0 Å². The molecule has 2 aromatic rings. The van der Waals surface area contributed by atoms with E-state index in [2.05, 4.69) is 24.5 Å². The molecule has 0 saturated carbocycles. The lowest BCUT2D eigenvalue weighted by molar-refractivity contribution is -0.124. The zero-order chi connectivity index (χ0) is 25.4. The van der Waals surface area contributed by atoms with Crippen LogP contribution in [-0.2, 0) is 14.8 Å². The first-order chi connectivity index (χ1) is 16.0. The third-order valence-electron chi connectivity index (χ3n) is 5.58. The Morgan fingerprint density at radius 3 is 2.26 bits per heavy atom. The number of nitrogens with zero attached hydrogens (tertiary/aromatic N) is 1. The van der Waals surface area contributed by atoms with E-state index >= 15 is 0 Å². The van der Waals surface area contributed by atoms with Crippen LogP contribution in [-0.4, -0.2) is 38.3 Å². The molecule has 0 aromatic heterocycles. The van der Waals surface area contributed by atoms with Gasteiger partial charge in [0.05, 0.1) is 11.5 Å². The zero-order valence-electron chi connectivity index (χ0n) is 20.6. The van der Waals surface area contributed by atoms with Gasteiger partial charge in [-0.2, -0.15) is 4.31 Å². The summed E-state index contributed by atoms with van der Waals surface area (Å²) < 4.78 is 32.8. The Bertz CT molecular complexity index is 1100. The van der Waals surface area contributed by atoms with Gasteiger partial charge >= 0.3 is 0 Å². The fourth-order valence-corrected chi connectivity index (χ4v) is 4.77. The van der Waals surface area contributed by atoms with E-state index in [0.717, 1.165) is 23.3 Å². The Labute approximate surface area is 204 Å². The van der Waals surface area contributed by atoms with Gasteiger partial charge in [-0.25, -0.2) is 8.42 Å². The Kier molecular flexibility index (Phi) is 9.65. The van der Waals surface area contributed by atoms with Gasteiger partial charge in [-0.1, -0.05) is 38.1 Å². The maximum absolute atomic E-state index is 12.9. The molecule has 0 unspecified atom stereocenters. The summed E-state index contributed by atoms with van der Waals surface area (Å²) in [6.07, 6.45) is 4.44. The number of anilines is 1. The summed E-state index contributed by atoms with van der Waals surface area (Å²) in [7, 11) is -3.68. The average Bonchev–Trinajstić information content (AvgIpc) is 2.79. The summed E-state index contributed by atoms with van der Waals surface area (Å²) in [4.78, 5) is 13.0. The maximum atomic E-state index is 12.9. The van der Waals surface area contributed by atoms with E-state index in [0.29, 0.717) is 18.7 Å². The highest BCUT2D eigenvalue weighted by Crippen LogP contribution is 2.26. The van der Waals surface area contributed by atoms with Crippen LogP contribution in [0.15, 0.2) is 72.7 Å². The zero-order valence-corrected chi connectivity index (χ0v) is 21.5. The van der Waals surface area contributed by atoms with E-state index in [1.165, 1.54) is 28.6 Å². The van der Waals surface area contributed by atoms with Gasteiger partial charge in [0.2, 0.25) is 15.9 Å². The number of benzene rings is 2. The van der Waals surface area contributed by atoms with Crippen LogP contribution in [0.1, 0.15) is 37.8 Å². The van der Waals surface area contributed by atoms with E-state index in [9.17, 15) is 13.2 Å². The maximum Gasteiger partial charge on any atom is 0.243 e. The highest BCUT2D eigenvalue weighted by atomic mass is 32.2. The van der Waals surface area contributed by atoms with Crippen molar-refractivity contribution in [3.63, 3.8) is 0 Å². The molecule has 0 saturated heterocycles. The molecule has 184 valence electrons. The van der Waals surface area contributed by atoms with Crippen molar-refractivity contribution in [2.24, 2.45) is 5.41 Å². The van der Waals surface area contributed by atoms with Crippen molar-refractivity contribution in [3.05, 3.63) is 78.9 Å². The molecule has 0 heterocycles. The van der Waals surface area contributed by atoms with Crippen LogP contribution < -0.4 is 10.1 Å². The number of ether oxygens (including phenoxy) is 1. The molecule has 1 N–H and O–H groups in total. The van der Waals surface area contributed by atoms with Crippen molar-refractivity contribution in [2.75, 3.05) is 25.0 Å². The van der Waals surface area contributed by atoms with Gasteiger partial charge in [0, 0.05) is 24.2 Å². The fourth-order valence-electron chi connectivity index (χ4n) is 3.39. The van der Waals surface area contributed by atoms with Crippen LogP contribution in [0.4, 0.5) is 5.69 Å². The summed E-state index contributed by atoms with van der Waals surface area (Å²) in [5.74, 6) is 0.742. The predicted octanol–water partition coefficient (Wildman–Crippen LogP) is 5.49. The van der Waals surface area contributed by atoms with Gasteiger partial charge in [-0.15, -0.1) is 13.2 Å². The van der Waals surface area contributed by atoms with Gasteiger partial charge < -0.3 is 10.1 Å². The number of amides is 1. The number of aryl methyl sites for hydroxylation is 2. The first kappa shape index (κ1) is 27.3. The van der Waals surface area contributed by atoms with E-state index < -0.39 is 15.4 Å². The number of rotatable bonds is 13. The van der Waals surface area contributed by atoms with Crippen molar-refractivity contribution >= 4 is 21.6 Å². The molecule has 2 aromatic carbocycles. The molecule has 2 rings (SSSR count). The lowest BCUT2D eigenvalue weighted by atomic mass is 9.87. The molecule has 0 atom stereocenters. The van der Waals surface area contributed by atoms with Gasteiger partial charge in [0.25, 0.3) is 0 Å². The quantitative estimate of drug-likeness (QED) is 0.301. The minimum atomic E-state index is -3.68. The van der Waals surface area contributed by atoms with E-state index in [1.807, 2.05) is 39.8 Å². The van der Waals surface area contributed by atoms with Gasteiger partial charge in [0.1, 0.15) is 5.75 Å². The number of nitrogens with one attached hydrogen (secondary N) is 1. The lowest BCUT2D eigenvalue weighted by Gasteiger charge is -2.24. The first-order valence-corrected chi connectivity index (χ1v) is 12.8. The van der Waals surface area contributed by atoms with Crippen molar-refractivity contribution in [1.82, 2.24) is 4.31 Å². The molecule has 34 heavy (non-hydrogen) atoms. The summed E-state index contributed by atoms with van der Waals surface area (Å²) in [6.45, 7) is 16.0. The van der Waals surface area contributed by atoms with E-state index in [4.69, 9.17) is 4.74 Å². The predicted molar refractivity (Wildman–Crippen MR) is 139 cm³/mol. The largest absolute Gasteiger partial charge is 0.493 e. The Morgan fingerprint density at radius 1 is 1.06 bits per heavy atom. The molecule has 1 amide bonds. The van der Waals surface area contributed by atoms with Gasteiger partial charge in [-0.05, 0) is 68.1 Å². The molecular weight excluding hydrogens is 448 g/mol. The monoisotopic (exact) mass is 484 g/mol. The Morgan fingerprint density at radius 2 is 1.68 bits per heavy atom. The van der Waals surface area contributed by atoms with E-state index in [-0.39, 0.29) is 23.9 Å². The topological polar surface area (TPSA) is 75.7 Å². The number of hydrogen-bond donors (Lipinski definition) is 1. The average molecular weight is 485 g/mol. The van der Waals surface area contributed by atoms with Crippen molar-refractivity contribution < 1.29 is 17.9 Å². The second kappa shape index (κ2) is 12.0. The molecule has 0 aliphatic carbocycles. The Hall–Kier alpha value is -2.90. The number of carbonyl (C=O) groups is 1. The second-order valence-electron chi connectivity index (χ2n) is 8.98. The van der Waals surface area contributed by atoms with Gasteiger partial charge in [-0.3, -0.25) is 4.79 Å². The molecule has 0 bridgehead atoms. The van der Waals surface area contributed by atoms with Crippen molar-refractivity contribution in [3.8, 4) is 5.75 Å². The summed E-state index contributed by atoms with van der Waals surface area (Å²) in [5.41, 5.74) is 2.17. The van der Waals surface area contributed by atoms with Crippen LogP contribution in [0.5, 0.6) is 5.75 Å². The SMILES string of the molecule is C=CCN(CC=C)S(=O)(=O)c1ccc(NC(=O)C(C)(C)CCCOc2cc(C)ccc2C)cc1. The molecule has 0 radical (unpaired) electrons. The summed E-state index contributed by atoms with van der Waals surface area (Å²) >= 11 is 0. The molecule has 0 fully saturated rings. The van der Waals surface area contributed by atoms with Crippen molar-refractivity contribution in [2.45, 2.75) is 45.4 Å². The fraction of sp³-hybridized carbons (Fsp3) is 0.370.